The van der Waals surface area contributed by atoms with Crippen LogP contribution in [0.2, 0.25) is 0 Å². The first kappa shape index (κ1) is 14.5. The van der Waals surface area contributed by atoms with Gasteiger partial charge in [-0.15, -0.1) is 0 Å². The van der Waals surface area contributed by atoms with Crippen molar-refractivity contribution in [3.8, 4) is 0 Å². The molecular formula is C15H28N4. The summed E-state index contributed by atoms with van der Waals surface area (Å²) in [6.07, 6.45) is 1.66. The SMILES string of the molecule is CC(C)Cn1ncnc1CNCC1C(C)(C)C1(C)C. The quantitative estimate of drug-likeness (QED) is 0.859. The van der Waals surface area contributed by atoms with Gasteiger partial charge in [0.15, 0.2) is 0 Å². The van der Waals surface area contributed by atoms with Crippen molar-refractivity contribution in [2.24, 2.45) is 22.7 Å². The molecule has 4 heteroatoms. The third kappa shape index (κ3) is 2.69. The number of hydrogen-bond donors (Lipinski definition) is 1. The molecule has 0 aromatic carbocycles. The van der Waals surface area contributed by atoms with Gasteiger partial charge in [0, 0.05) is 6.54 Å². The van der Waals surface area contributed by atoms with Gasteiger partial charge >= 0.3 is 0 Å². The molecule has 1 aliphatic rings. The summed E-state index contributed by atoms with van der Waals surface area (Å²) in [6.45, 7) is 16.7. The Balaban J connectivity index is 1.83. The largest absolute Gasteiger partial charge is 0.310 e. The molecule has 4 nitrogen and oxygen atoms in total. The van der Waals surface area contributed by atoms with E-state index in [1.807, 2.05) is 4.68 Å². The summed E-state index contributed by atoms with van der Waals surface area (Å²) in [5.74, 6) is 2.40. The lowest BCUT2D eigenvalue weighted by atomic mass is 10.0. The van der Waals surface area contributed by atoms with E-state index in [0.29, 0.717) is 16.7 Å². The third-order valence-corrected chi connectivity index (χ3v) is 5.19. The van der Waals surface area contributed by atoms with Gasteiger partial charge in [0.1, 0.15) is 12.2 Å². The molecule has 1 fully saturated rings. The lowest BCUT2D eigenvalue weighted by molar-refractivity contribution is 0.450. The molecule has 0 bridgehead atoms. The average molecular weight is 264 g/mol. The zero-order valence-corrected chi connectivity index (χ0v) is 13.2. The summed E-state index contributed by atoms with van der Waals surface area (Å²) in [5.41, 5.74) is 0.900. The smallest absolute Gasteiger partial charge is 0.140 e. The maximum absolute atomic E-state index is 4.35. The van der Waals surface area contributed by atoms with Crippen LogP contribution in [0.25, 0.3) is 0 Å². The molecule has 1 N–H and O–H groups in total. The second-order valence-corrected chi connectivity index (χ2v) is 7.38. The molecule has 1 saturated carbocycles. The van der Waals surface area contributed by atoms with Crippen molar-refractivity contribution < 1.29 is 0 Å². The van der Waals surface area contributed by atoms with Gasteiger partial charge in [-0.1, -0.05) is 41.5 Å². The highest BCUT2D eigenvalue weighted by Gasteiger charge is 2.63. The van der Waals surface area contributed by atoms with Crippen molar-refractivity contribution in [1.82, 2.24) is 20.1 Å². The van der Waals surface area contributed by atoms with E-state index >= 15 is 0 Å². The van der Waals surface area contributed by atoms with E-state index < -0.39 is 0 Å². The normalized spacial score (nSPS) is 21.0. The van der Waals surface area contributed by atoms with Gasteiger partial charge in [-0.25, -0.2) is 9.67 Å². The third-order valence-electron chi connectivity index (χ3n) is 5.19. The topological polar surface area (TPSA) is 42.7 Å². The molecule has 0 amide bonds. The predicted molar refractivity (Wildman–Crippen MR) is 77.6 cm³/mol. The number of aromatic nitrogens is 3. The molecule has 0 atom stereocenters. The first-order valence-corrected chi connectivity index (χ1v) is 7.34. The van der Waals surface area contributed by atoms with E-state index in [-0.39, 0.29) is 0 Å². The van der Waals surface area contributed by atoms with E-state index in [0.717, 1.165) is 31.4 Å². The van der Waals surface area contributed by atoms with Gasteiger partial charge in [-0.2, -0.15) is 5.10 Å². The second-order valence-electron chi connectivity index (χ2n) is 7.38. The lowest BCUT2D eigenvalue weighted by Gasteiger charge is -2.09. The average Bonchev–Trinajstić information content (AvgIpc) is 2.65. The summed E-state index contributed by atoms with van der Waals surface area (Å²) in [4.78, 5) is 4.35. The Morgan fingerprint density at radius 2 is 1.89 bits per heavy atom. The summed E-state index contributed by atoms with van der Waals surface area (Å²) in [6, 6.07) is 0. The monoisotopic (exact) mass is 264 g/mol. The van der Waals surface area contributed by atoms with Crippen molar-refractivity contribution in [3.05, 3.63) is 12.2 Å². The Morgan fingerprint density at radius 3 is 2.42 bits per heavy atom. The van der Waals surface area contributed by atoms with Gasteiger partial charge in [0.2, 0.25) is 0 Å². The fraction of sp³-hybridized carbons (Fsp3) is 0.867. The van der Waals surface area contributed by atoms with Crippen molar-refractivity contribution in [2.45, 2.75) is 54.6 Å². The predicted octanol–water partition coefficient (Wildman–Crippen LogP) is 2.71. The molecule has 1 aromatic heterocycles. The Morgan fingerprint density at radius 1 is 1.26 bits per heavy atom. The highest BCUT2D eigenvalue weighted by molar-refractivity contribution is 5.12. The van der Waals surface area contributed by atoms with Crippen LogP contribution < -0.4 is 5.32 Å². The fourth-order valence-electron chi connectivity index (χ4n) is 3.10. The van der Waals surface area contributed by atoms with E-state index in [4.69, 9.17) is 0 Å². The Kier molecular flexibility index (Phi) is 3.74. The minimum atomic E-state index is 0.450. The molecule has 0 radical (unpaired) electrons. The number of nitrogens with one attached hydrogen (secondary N) is 1. The Hall–Kier alpha value is -0.900. The van der Waals surface area contributed by atoms with Crippen LogP contribution in [0, 0.1) is 22.7 Å². The van der Waals surface area contributed by atoms with Crippen LogP contribution >= 0.6 is 0 Å². The van der Waals surface area contributed by atoms with Crippen LogP contribution in [0.4, 0.5) is 0 Å². The maximum Gasteiger partial charge on any atom is 0.140 e. The van der Waals surface area contributed by atoms with Gasteiger partial charge in [0.25, 0.3) is 0 Å². The highest BCUT2D eigenvalue weighted by atomic mass is 15.3. The van der Waals surface area contributed by atoms with Gasteiger partial charge in [0.05, 0.1) is 6.54 Å². The Bertz CT molecular complexity index is 417. The van der Waals surface area contributed by atoms with E-state index in [1.54, 1.807) is 6.33 Å². The van der Waals surface area contributed by atoms with E-state index in [9.17, 15) is 0 Å². The summed E-state index contributed by atoms with van der Waals surface area (Å²) >= 11 is 0. The van der Waals surface area contributed by atoms with Crippen LogP contribution in [-0.2, 0) is 13.1 Å². The summed E-state index contributed by atoms with van der Waals surface area (Å²) in [5, 5.41) is 7.84. The summed E-state index contributed by atoms with van der Waals surface area (Å²) in [7, 11) is 0. The van der Waals surface area contributed by atoms with Crippen LogP contribution in [0.1, 0.15) is 47.4 Å². The molecule has 2 rings (SSSR count). The first-order valence-electron chi connectivity index (χ1n) is 7.34. The molecule has 0 unspecified atom stereocenters. The molecule has 0 spiro atoms. The first-order chi connectivity index (χ1) is 8.76. The number of hydrogen-bond acceptors (Lipinski definition) is 3. The van der Waals surface area contributed by atoms with Crippen molar-refractivity contribution in [2.75, 3.05) is 6.54 Å². The molecule has 1 aromatic rings. The standard InChI is InChI=1S/C15H28N4/c1-11(2)9-19-13(17-10-18-19)8-16-7-12-14(3,4)15(12,5)6/h10-12,16H,7-9H2,1-6H3. The van der Waals surface area contributed by atoms with Crippen LogP contribution in [-0.4, -0.2) is 21.3 Å². The van der Waals surface area contributed by atoms with Gasteiger partial charge in [-0.3, -0.25) is 0 Å². The molecule has 19 heavy (non-hydrogen) atoms. The minimum Gasteiger partial charge on any atom is -0.310 e. The van der Waals surface area contributed by atoms with E-state index in [1.165, 1.54) is 0 Å². The zero-order valence-electron chi connectivity index (χ0n) is 13.2. The van der Waals surface area contributed by atoms with Crippen LogP contribution in [0.5, 0.6) is 0 Å². The van der Waals surface area contributed by atoms with Crippen LogP contribution in [0.15, 0.2) is 6.33 Å². The van der Waals surface area contributed by atoms with Crippen LogP contribution in [0.3, 0.4) is 0 Å². The van der Waals surface area contributed by atoms with Crippen molar-refractivity contribution >= 4 is 0 Å². The van der Waals surface area contributed by atoms with Crippen molar-refractivity contribution in [3.63, 3.8) is 0 Å². The summed E-state index contributed by atoms with van der Waals surface area (Å²) < 4.78 is 2.01. The fourth-order valence-corrected chi connectivity index (χ4v) is 3.10. The molecule has 1 aliphatic carbocycles. The molecule has 0 saturated heterocycles. The number of rotatable bonds is 6. The van der Waals surface area contributed by atoms with E-state index in [2.05, 4.69) is 56.9 Å². The van der Waals surface area contributed by atoms with Gasteiger partial charge in [-0.05, 0) is 29.2 Å². The molecule has 0 aliphatic heterocycles. The lowest BCUT2D eigenvalue weighted by Crippen LogP contribution is -2.22. The molecular weight excluding hydrogens is 236 g/mol. The zero-order chi connectivity index (χ0) is 14.3. The Labute approximate surface area is 117 Å². The maximum atomic E-state index is 4.35. The molecule has 1 heterocycles. The number of nitrogens with zero attached hydrogens (tertiary/aromatic N) is 3. The highest BCUT2D eigenvalue weighted by Crippen LogP contribution is 2.67. The molecule has 108 valence electrons. The minimum absolute atomic E-state index is 0.450. The second kappa shape index (κ2) is 4.89. The van der Waals surface area contributed by atoms with Crippen molar-refractivity contribution in [1.29, 1.82) is 0 Å². The van der Waals surface area contributed by atoms with Gasteiger partial charge < -0.3 is 5.32 Å².